The van der Waals surface area contributed by atoms with E-state index >= 15 is 0 Å². The normalized spacial score (nSPS) is 35.7. The quantitative estimate of drug-likeness (QED) is 0.650. The van der Waals surface area contributed by atoms with Gasteiger partial charge in [-0.1, -0.05) is 0 Å². The van der Waals surface area contributed by atoms with Gasteiger partial charge >= 0.3 is 0 Å². The van der Waals surface area contributed by atoms with Crippen molar-refractivity contribution < 1.29 is 0 Å². The number of hydrogen-bond donors (Lipinski definition) is 3. The highest BCUT2D eigenvalue weighted by molar-refractivity contribution is 5.23. The summed E-state index contributed by atoms with van der Waals surface area (Å²) in [6, 6.07) is 4.62. The summed E-state index contributed by atoms with van der Waals surface area (Å²) in [7, 11) is 0. The van der Waals surface area contributed by atoms with Crippen molar-refractivity contribution in [1.82, 2.24) is 15.8 Å². The van der Waals surface area contributed by atoms with E-state index in [1.54, 1.807) is 0 Å². The summed E-state index contributed by atoms with van der Waals surface area (Å²) in [4.78, 5) is 4.05. The van der Waals surface area contributed by atoms with Gasteiger partial charge in [-0.05, 0) is 36.5 Å². The fourth-order valence-electron chi connectivity index (χ4n) is 2.46. The molecule has 4 N–H and O–H groups in total. The molecule has 0 spiro atoms. The first-order valence-electron chi connectivity index (χ1n) is 5.53. The van der Waals surface area contributed by atoms with E-state index in [9.17, 15) is 0 Å². The maximum absolute atomic E-state index is 6.07. The Bertz CT molecular complexity index is 336. The molecule has 0 aromatic carbocycles. The second-order valence-corrected chi connectivity index (χ2v) is 4.48. The average molecular weight is 204 g/mol. The molecular formula is C11H16N4. The molecule has 0 bridgehead atoms. The highest BCUT2D eigenvalue weighted by Gasteiger charge is 2.43. The maximum atomic E-state index is 6.07. The number of aromatic nitrogens is 1. The molecule has 4 nitrogen and oxygen atoms in total. The summed E-state index contributed by atoms with van der Waals surface area (Å²) in [6.45, 7) is 0. The molecule has 1 saturated heterocycles. The highest BCUT2D eigenvalue weighted by atomic mass is 15.5. The monoisotopic (exact) mass is 204 g/mol. The number of hydrogen-bond acceptors (Lipinski definition) is 4. The first-order chi connectivity index (χ1) is 7.36. The summed E-state index contributed by atoms with van der Waals surface area (Å²) in [5.74, 6) is 1.17. The van der Waals surface area contributed by atoms with Crippen LogP contribution in [0.1, 0.15) is 24.3 Å². The molecule has 0 amide bonds. The molecule has 1 aromatic rings. The van der Waals surface area contributed by atoms with Gasteiger partial charge in [0.25, 0.3) is 0 Å². The van der Waals surface area contributed by atoms with E-state index in [0.29, 0.717) is 12.0 Å². The van der Waals surface area contributed by atoms with Gasteiger partial charge in [-0.25, -0.2) is 5.43 Å². The molecule has 0 radical (unpaired) electrons. The molecule has 4 heteroatoms. The van der Waals surface area contributed by atoms with E-state index in [1.807, 2.05) is 12.4 Å². The fraction of sp³-hybridized carbons (Fsp3) is 0.545. The molecular weight excluding hydrogens is 188 g/mol. The molecule has 2 heterocycles. The lowest BCUT2D eigenvalue weighted by Gasteiger charge is -2.20. The van der Waals surface area contributed by atoms with E-state index in [0.717, 1.165) is 5.92 Å². The molecule has 1 aromatic heterocycles. The van der Waals surface area contributed by atoms with Crippen LogP contribution in [0.15, 0.2) is 24.5 Å². The van der Waals surface area contributed by atoms with Gasteiger partial charge in [-0.3, -0.25) is 10.4 Å². The lowest BCUT2D eigenvalue weighted by molar-refractivity contribution is 0.471. The molecule has 2 aliphatic rings. The summed E-state index contributed by atoms with van der Waals surface area (Å²) in [5.41, 5.74) is 13.8. The smallest absolute Gasteiger partial charge is 0.0764 e. The molecule has 80 valence electrons. The van der Waals surface area contributed by atoms with Crippen molar-refractivity contribution in [3.05, 3.63) is 30.1 Å². The van der Waals surface area contributed by atoms with Gasteiger partial charge < -0.3 is 5.73 Å². The predicted octanol–water partition coefficient (Wildman–Crippen LogP) is 0.336. The van der Waals surface area contributed by atoms with Gasteiger partial charge in [0.2, 0.25) is 0 Å². The zero-order valence-electron chi connectivity index (χ0n) is 8.56. The zero-order chi connectivity index (χ0) is 10.3. The van der Waals surface area contributed by atoms with Gasteiger partial charge in [0.05, 0.1) is 6.17 Å². The minimum atomic E-state index is 0.0120. The van der Waals surface area contributed by atoms with E-state index in [2.05, 4.69) is 28.0 Å². The van der Waals surface area contributed by atoms with Crippen molar-refractivity contribution in [2.45, 2.75) is 31.0 Å². The van der Waals surface area contributed by atoms with Crippen LogP contribution in [0.2, 0.25) is 0 Å². The standard InChI is InChI=1S/C11H16N4/c12-11-9(7-3-5-13-6-4-7)10(14-15-11)8-1-2-8/h3-6,8-11,14-15H,1-2,12H2. The van der Waals surface area contributed by atoms with Crippen LogP contribution in [0.3, 0.4) is 0 Å². The highest BCUT2D eigenvalue weighted by Crippen LogP contribution is 2.41. The summed E-state index contributed by atoms with van der Waals surface area (Å²) in [5, 5.41) is 0. The van der Waals surface area contributed by atoms with Crippen LogP contribution < -0.4 is 16.6 Å². The molecule has 1 aliphatic heterocycles. The number of rotatable bonds is 2. The third-order valence-corrected chi connectivity index (χ3v) is 3.41. The Hall–Kier alpha value is -0.970. The van der Waals surface area contributed by atoms with Gasteiger partial charge in [-0.15, -0.1) is 0 Å². The third-order valence-electron chi connectivity index (χ3n) is 3.41. The van der Waals surface area contributed by atoms with E-state index < -0.39 is 0 Å². The minimum Gasteiger partial charge on any atom is -0.314 e. The number of nitrogens with two attached hydrogens (primary N) is 1. The molecule has 3 atom stereocenters. The SMILES string of the molecule is NC1NNC(C2CC2)C1c1ccncc1. The van der Waals surface area contributed by atoms with Crippen LogP contribution in [0, 0.1) is 5.92 Å². The zero-order valence-corrected chi connectivity index (χ0v) is 8.56. The Morgan fingerprint density at radius 1 is 1.20 bits per heavy atom. The van der Waals surface area contributed by atoms with E-state index in [4.69, 9.17) is 5.73 Å². The lowest BCUT2D eigenvalue weighted by Crippen LogP contribution is -2.38. The van der Waals surface area contributed by atoms with Crippen LogP contribution in [-0.2, 0) is 0 Å². The number of nitrogens with one attached hydrogen (secondary N) is 2. The van der Waals surface area contributed by atoms with Crippen molar-refractivity contribution >= 4 is 0 Å². The predicted molar refractivity (Wildman–Crippen MR) is 57.7 cm³/mol. The number of nitrogens with zero attached hydrogens (tertiary/aromatic N) is 1. The third kappa shape index (κ3) is 1.65. The second-order valence-electron chi connectivity index (χ2n) is 4.48. The van der Waals surface area contributed by atoms with Crippen molar-refractivity contribution in [2.24, 2.45) is 11.7 Å². The molecule has 1 aliphatic carbocycles. The molecule has 15 heavy (non-hydrogen) atoms. The molecule has 3 unspecified atom stereocenters. The second kappa shape index (κ2) is 3.56. The number of pyridine rings is 1. The Balaban J connectivity index is 1.88. The summed E-state index contributed by atoms with van der Waals surface area (Å²) in [6.07, 6.45) is 6.34. The van der Waals surface area contributed by atoms with Gasteiger partial charge in [-0.2, -0.15) is 0 Å². The van der Waals surface area contributed by atoms with E-state index in [1.165, 1.54) is 18.4 Å². The van der Waals surface area contributed by atoms with Crippen molar-refractivity contribution in [2.75, 3.05) is 0 Å². The molecule has 2 fully saturated rings. The largest absolute Gasteiger partial charge is 0.314 e. The van der Waals surface area contributed by atoms with Crippen molar-refractivity contribution in [1.29, 1.82) is 0 Å². The maximum Gasteiger partial charge on any atom is 0.0764 e. The van der Waals surface area contributed by atoms with Crippen LogP contribution in [0.25, 0.3) is 0 Å². The van der Waals surface area contributed by atoms with Crippen LogP contribution in [-0.4, -0.2) is 17.2 Å². The van der Waals surface area contributed by atoms with Crippen molar-refractivity contribution in [3.63, 3.8) is 0 Å². The molecule has 3 rings (SSSR count). The van der Waals surface area contributed by atoms with Crippen LogP contribution >= 0.6 is 0 Å². The average Bonchev–Trinajstić information content (AvgIpc) is 3.04. The van der Waals surface area contributed by atoms with Crippen molar-refractivity contribution in [3.8, 4) is 0 Å². The van der Waals surface area contributed by atoms with Gasteiger partial charge in [0.1, 0.15) is 0 Å². The fourth-order valence-corrected chi connectivity index (χ4v) is 2.46. The Morgan fingerprint density at radius 3 is 2.60 bits per heavy atom. The first-order valence-corrected chi connectivity index (χ1v) is 5.53. The van der Waals surface area contributed by atoms with Crippen LogP contribution in [0.5, 0.6) is 0 Å². The molecule has 1 saturated carbocycles. The Labute approximate surface area is 89.2 Å². The first kappa shape index (κ1) is 9.27. The van der Waals surface area contributed by atoms with Crippen LogP contribution in [0.4, 0.5) is 0 Å². The van der Waals surface area contributed by atoms with Gasteiger partial charge in [0, 0.05) is 24.4 Å². The topological polar surface area (TPSA) is 63.0 Å². The summed E-state index contributed by atoms with van der Waals surface area (Å²) >= 11 is 0. The number of hydrazine groups is 1. The van der Waals surface area contributed by atoms with Gasteiger partial charge in [0.15, 0.2) is 0 Å². The Morgan fingerprint density at radius 2 is 1.93 bits per heavy atom. The minimum absolute atomic E-state index is 0.0120. The Kier molecular flexibility index (Phi) is 2.20. The van der Waals surface area contributed by atoms with E-state index in [-0.39, 0.29) is 6.17 Å². The summed E-state index contributed by atoms with van der Waals surface area (Å²) < 4.78 is 0. The lowest BCUT2D eigenvalue weighted by atomic mass is 9.89.